The van der Waals surface area contributed by atoms with Gasteiger partial charge in [0.25, 0.3) is 11.5 Å². The summed E-state index contributed by atoms with van der Waals surface area (Å²) in [6.45, 7) is 2.02. The monoisotopic (exact) mass is 315 g/mol. The van der Waals surface area contributed by atoms with E-state index in [1.807, 2.05) is 0 Å². The normalized spacial score (nSPS) is 14.1. The van der Waals surface area contributed by atoms with Crippen molar-refractivity contribution >= 4 is 16.7 Å². The zero-order valence-corrected chi connectivity index (χ0v) is 13.2. The second kappa shape index (κ2) is 6.91. The standard InChI is InChI=1S/C17H21N3O3/c1-20-17(22)14-6-3-2-5-13(14)15(19-20)16(21)18-9-4-10-23-11-12-7-8-12/h2-3,5-6,12H,4,7-11H2,1H3,(H,18,21). The van der Waals surface area contributed by atoms with Crippen molar-refractivity contribution in [2.45, 2.75) is 19.3 Å². The van der Waals surface area contributed by atoms with E-state index in [-0.39, 0.29) is 17.2 Å². The van der Waals surface area contributed by atoms with Crippen LogP contribution in [0.25, 0.3) is 10.8 Å². The Morgan fingerprint density at radius 2 is 2.09 bits per heavy atom. The van der Waals surface area contributed by atoms with Gasteiger partial charge in [-0.25, -0.2) is 4.68 Å². The van der Waals surface area contributed by atoms with Crippen molar-refractivity contribution in [2.24, 2.45) is 13.0 Å². The third kappa shape index (κ3) is 3.76. The van der Waals surface area contributed by atoms with E-state index in [1.54, 1.807) is 31.3 Å². The molecule has 3 rings (SSSR count). The maximum absolute atomic E-state index is 12.3. The highest BCUT2D eigenvalue weighted by molar-refractivity contribution is 6.04. The minimum absolute atomic E-state index is 0.203. The summed E-state index contributed by atoms with van der Waals surface area (Å²) in [5, 5.41) is 8.04. The number of hydrogen-bond donors (Lipinski definition) is 1. The molecule has 0 saturated heterocycles. The van der Waals surface area contributed by atoms with Crippen molar-refractivity contribution in [2.75, 3.05) is 19.8 Å². The molecule has 0 radical (unpaired) electrons. The van der Waals surface area contributed by atoms with E-state index in [0.29, 0.717) is 23.9 Å². The van der Waals surface area contributed by atoms with E-state index in [0.717, 1.165) is 18.9 Å². The van der Waals surface area contributed by atoms with Crippen LogP contribution in [-0.2, 0) is 11.8 Å². The van der Waals surface area contributed by atoms with Gasteiger partial charge in [0.2, 0.25) is 0 Å². The average molecular weight is 315 g/mol. The Balaban J connectivity index is 1.61. The summed E-state index contributed by atoms with van der Waals surface area (Å²) in [6.07, 6.45) is 3.33. The molecule has 0 aliphatic heterocycles. The lowest BCUT2D eigenvalue weighted by atomic mass is 10.1. The lowest BCUT2D eigenvalue weighted by Gasteiger charge is -2.09. The molecule has 6 nitrogen and oxygen atoms in total. The van der Waals surface area contributed by atoms with Crippen LogP contribution in [0.4, 0.5) is 0 Å². The number of fused-ring (bicyclic) bond motifs is 1. The van der Waals surface area contributed by atoms with Crippen LogP contribution in [0.1, 0.15) is 29.8 Å². The van der Waals surface area contributed by atoms with Crippen LogP contribution in [0, 0.1) is 5.92 Å². The molecule has 0 atom stereocenters. The molecule has 0 bridgehead atoms. The largest absolute Gasteiger partial charge is 0.381 e. The van der Waals surface area contributed by atoms with E-state index < -0.39 is 0 Å². The Labute approximate surface area is 134 Å². The number of carbonyl (C=O) groups is 1. The number of hydrogen-bond acceptors (Lipinski definition) is 4. The van der Waals surface area contributed by atoms with E-state index in [2.05, 4.69) is 10.4 Å². The highest BCUT2D eigenvalue weighted by Crippen LogP contribution is 2.28. The highest BCUT2D eigenvalue weighted by atomic mass is 16.5. The summed E-state index contributed by atoms with van der Waals surface area (Å²) in [4.78, 5) is 24.4. The van der Waals surface area contributed by atoms with Gasteiger partial charge in [-0.1, -0.05) is 18.2 Å². The van der Waals surface area contributed by atoms with Gasteiger partial charge < -0.3 is 10.1 Å². The molecule has 1 saturated carbocycles. The molecule has 6 heteroatoms. The molecule has 122 valence electrons. The third-order valence-electron chi connectivity index (χ3n) is 3.97. The van der Waals surface area contributed by atoms with E-state index in [1.165, 1.54) is 17.5 Å². The van der Waals surface area contributed by atoms with Gasteiger partial charge in [-0.2, -0.15) is 5.10 Å². The molecule has 0 spiro atoms. The minimum atomic E-state index is -0.265. The maximum Gasteiger partial charge on any atom is 0.274 e. The van der Waals surface area contributed by atoms with Gasteiger partial charge >= 0.3 is 0 Å². The molecule has 1 fully saturated rings. The summed E-state index contributed by atoms with van der Waals surface area (Å²) in [6, 6.07) is 7.04. The Bertz CT molecular complexity index is 765. The fourth-order valence-corrected chi connectivity index (χ4v) is 2.46. The van der Waals surface area contributed by atoms with Gasteiger partial charge in [-0.3, -0.25) is 9.59 Å². The Morgan fingerprint density at radius 1 is 1.35 bits per heavy atom. The predicted octanol–water partition coefficient (Wildman–Crippen LogP) is 1.48. The summed E-state index contributed by atoms with van der Waals surface area (Å²) in [5.74, 6) is 0.491. The van der Waals surface area contributed by atoms with Crippen LogP contribution >= 0.6 is 0 Å². The van der Waals surface area contributed by atoms with Gasteiger partial charge in [0.05, 0.1) is 5.39 Å². The second-order valence-electron chi connectivity index (χ2n) is 5.95. The third-order valence-corrected chi connectivity index (χ3v) is 3.97. The topological polar surface area (TPSA) is 73.2 Å². The van der Waals surface area contributed by atoms with Gasteiger partial charge in [0, 0.05) is 32.2 Å². The molecule has 1 amide bonds. The zero-order valence-electron chi connectivity index (χ0n) is 13.2. The molecule has 1 aromatic carbocycles. The first-order valence-electron chi connectivity index (χ1n) is 7.99. The minimum Gasteiger partial charge on any atom is -0.381 e. The maximum atomic E-state index is 12.3. The first kappa shape index (κ1) is 15.7. The molecule has 1 aliphatic carbocycles. The van der Waals surface area contributed by atoms with Gasteiger partial charge in [-0.05, 0) is 31.2 Å². The molecule has 0 unspecified atom stereocenters. The molecular weight excluding hydrogens is 294 g/mol. The van der Waals surface area contributed by atoms with Crippen LogP contribution in [-0.4, -0.2) is 35.4 Å². The Morgan fingerprint density at radius 3 is 2.83 bits per heavy atom. The van der Waals surface area contributed by atoms with Crippen LogP contribution in [0.3, 0.4) is 0 Å². The number of rotatable bonds is 7. The number of nitrogens with one attached hydrogen (secondary N) is 1. The van der Waals surface area contributed by atoms with Gasteiger partial charge in [-0.15, -0.1) is 0 Å². The van der Waals surface area contributed by atoms with E-state index in [9.17, 15) is 9.59 Å². The molecule has 1 aromatic heterocycles. The zero-order chi connectivity index (χ0) is 16.2. The van der Waals surface area contributed by atoms with Crippen LogP contribution < -0.4 is 10.9 Å². The second-order valence-corrected chi connectivity index (χ2v) is 5.95. The lowest BCUT2D eigenvalue weighted by molar-refractivity contribution is 0.0932. The van der Waals surface area contributed by atoms with Crippen molar-refractivity contribution in [3.05, 3.63) is 40.3 Å². The van der Waals surface area contributed by atoms with Crippen molar-refractivity contribution < 1.29 is 9.53 Å². The Kier molecular flexibility index (Phi) is 4.71. The van der Waals surface area contributed by atoms with E-state index in [4.69, 9.17) is 4.74 Å². The van der Waals surface area contributed by atoms with Crippen LogP contribution in [0.15, 0.2) is 29.1 Å². The molecular formula is C17H21N3O3. The number of carbonyl (C=O) groups excluding carboxylic acids is 1. The van der Waals surface area contributed by atoms with Crippen molar-refractivity contribution in [1.29, 1.82) is 0 Å². The number of amides is 1. The summed E-state index contributed by atoms with van der Waals surface area (Å²) >= 11 is 0. The molecule has 1 heterocycles. The fourth-order valence-electron chi connectivity index (χ4n) is 2.46. The number of ether oxygens (including phenoxy) is 1. The first-order chi connectivity index (χ1) is 11.2. The fraction of sp³-hybridized carbons (Fsp3) is 0.471. The SMILES string of the molecule is Cn1nc(C(=O)NCCCOCC2CC2)c2ccccc2c1=O. The van der Waals surface area contributed by atoms with E-state index >= 15 is 0 Å². The number of nitrogens with zero attached hydrogens (tertiary/aromatic N) is 2. The van der Waals surface area contributed by atoms with Gasteiger partial charge in [0.1, 0.15) is 0 Å². The van der Waals surface area contributed by atoms with Crippen molar-refractivity contribution in [3.63, 3.8) is 0 Å². The summed E-state index contributed by atoms with van der Waals surface area (Å²) in [5.41, 5.74) is 0.0761. The average Bonchev–Trinajstić information content (AvgIpc) is 3.38. The van der Waals surface area contributed by atoms with Crippen LogP contribution in [0.2, 0.25) is 0 Å². The lowest BCUT2D eigenvalue weighted by Crippen LogP contribution is -2.30. The van der Waals surface area contributed by atoms with Gasteiger partial charge in [0.15, 0.2) is 5.69 Å². The Hall–Kier alpha value is -2.21. The van der Waals surface area contributed by atoms with Crippen molar-refractivity contribution in [3.8, 4) is 0 Å². The number of aromatic nitrogens is 2. The first-order valence-corrected chi connectivity index (χ1v) is 7.99. The predicted molar refractivity (Wildman–Crippen MR) is 87.5 cm³/mol. The molecule has 23 heavy (non-hydrogen) atoms. The molecule has 2 aromatic rings. The van der Waals surface area contributed by atoms with Crippen LogP contribution in [0.5, 0.6) is 0 Å². The smallest absolute Gasteiger partial charge is 0.274 e. The quantitative estimate of drug-likeness (QED) is 0.786. The summed E-state index contributed by atoms with van der Waals surface area (Å²) < 4.78 is 6.74. The number of aryl methyl sites for hydroxylation is 1. The molecule has 1 aliphatic rings. The number of benzene rings is 1. The van der Waals surface area contributed by atoms with Crippen molar-refractivity contribution in [1.82, 2.24) is 15.1 Å². The molecule has 1 N–H and O–H groups in total. The summed E-state index contributed by atoms with van der Waals surface area (Å²) in [7, 11) is 1.55. The highest BCUT2D eigenvalue weighted by Gasteiger charge is 2.21.